The molecule has 1 aromatic carbocycles. The van der Waals surface area contributed by atoms with Crippen molar-refractivity contribution >= 4 is 11.6 Å². The van der Waals surface area contributed by atoms with Gasteiger partial charge in [0.2, 0.25) is 5.91 Å². The molecule has 2 rings (SSSR count). The molecule has 0 saturated carbocycles. The molecule has 5 heteroatoms. The van der Waals surface area contributed by atoms with Crippen LogP contribution in [0.15, 0.2) is 24.3 Å². The molecule has 1 aliphatic rings. The summed E-state index contributed by atoms with van der Waals surface area (Å²) in [5.41, 5.74) is 6.21. The van der Waals surface area contributed by atoms with E-state index in [4.69, 9.17) is 5.73 Å². The molecule has 2 N–H and O–H groups in total. The minimum atomic E-state index is -0.321. The Morgan fingerprint density at radius 1 is 1.42 bits per heavy atom. The van der Waals surface area contributed by atoms with Gasteiger partial charge in [0.15, 0.2) is 0 Å². The third kappa shape index (κ3) is 3.11. The molecular weight excluding hydrogens is 245 g/mol. The summed E-state index contributed by atoms with van der Waals surface area (Å²) in [6, 6.07) is 5.98. The van der Waals surface area contributed by atoms with E-state index in [1.54, 1.807) is 17.0 Å². The molecule has 104 valence electrons. The molecule has 19 heavy (non-hydrogen) atoms. The lowest BCUT2D eigenvalue weighted by molar-refractivity contribution is -0.122. The Hall–Kier alpha value is -1.46. The van der Waals surface area contributed by atoms with E-state index in [2.05, 4.69) is 0 Å². The zero-order chi connectivity index (χ0) is 13.8. The number of anilines is 1. The van der Waals surface area contributed by atoms with Gasteiger partial charge in [0.1, 0.15) is 5.82 Å². The largest absolute Gasteiger partial charge is 0.330 e. The molecule has 1 unspecified atom stereocenters. The van der Waals surface area contributed by atoms with Gasteiger partial charge in [-0.2, -0.15) is 0 Å². The number of carbonyl (C=O) groups excluding carboxylic acids is 1. The van der Waals surface area contributed by atoms with Gasteiger partial charge in [0, 0.05) is 18.8 Å². The van der Waals surface area contributed by atoms with Crippen molar-refractivity contribution < 1.29 is 9.18 Å². The molecular formula is C14H20FN3O. The topological polar surface area (TPSA) is 49.6 Å². The average Bonchev–Trinajstić information content (AvgIpc) is 2.52. The summed E-state index contributed by atoms with van der Waals surface area (Å²) >= 11 is 0. The van der Waals surface area contributed by atoms with Crippen LogP contribution in [-0.2, 0) is 4.79 Å². The van der Waals surface area contributed by atoms with Gasteiger partial charge < -0.3 is 10.6 Å². The van der Waals surface area contributed by atoms with Crippen LogP contribution in [-0.4, -0.2) is 43.5 Å². The number of halogens is 1. The molecule has 1 fully saturated rings. The number of rotatable bonds is 3. The second kappa shape index (κ2) is 6.12. The van der Waals surface area contributed by atoms with E-state index in [1.165, 1.54) is 12.1 Å². The third-order valence-electron chi connectivity index (χ3n) is 3.54. The first-order valence-electron chi connectivity index (χ1n) is 6.60. The Bertz CT molecular complexity index is 452. The fraction of sp³-hybridized carbons (Fsp3) is 0.500. The second-order valence-corrected chi connectivity index (χ2v) is 4.90. The lowest BCUT2D eigenvalue weighted by Gasteiger charge is -2.27. The van der Waals surface area contributed by atoms with Crippen molar-refractivity contribution in [1.82, 2.24) is 4.90 Å². The van der Waals surface area contributed by atoms with Gasteiger partial charge >= 0.3 is 0 Å². The van der Waals surface area contributed by atoms with Crippen molar-refractivity contribution in [3.8, 4) is 0 Å². The van der Waals surface area contributed by atoms with Crippen molar-refractivity contribution in [3.63, 3.8) is 0 Å². The summed E-state index contributed by atoms with van der Waals surface area (Å²) in [5, 5.41) is 0. The fourth-order valence-corrected chi connectivity index (χ4v) is 2.51. The summed E-state index contributed by atoms with van der Waals surface area (Å²) in [5.74, 6) is -0.311. The average molecular weight is 265 g/mol. The van der Waals surface area contributed by atoms with Crippen LogP contribution in [0.25, 0.3) is 0 Å². The molecule has 1 heterocycles. The van der Waals surface area contributed by atoms with E-state index in [-0.39, 0.29) is 17.8 Å². The highest BCUT2D eigenvalue weighted by molar-refractivity contribution is 5.97. The number of amides is 1. The van der Waals surface area contributed by atoms with Crippen LogP contribution < -0.4 is 10.6 Å². The second-order valence-electron chi connectivity index (χ2n) is 4.90. The van der Waals surface area contributed by atoms with Gasteiger partial charge in [0.25, 0.3) is 0 Å². The number of nitrogens with two attached hydrogens (primary N) is 1. The normalized spacial score (nSPS) is 21.5. The molecule has 1 saturated heterocycles. The van der Waals surface area contributed by atoms with Crippen molar-refractivity contribution in [2.45, 2.75) is 18.9 Å². The Labute approximate surface area is 113 Å². The van der Waals surface area contributed by atoms with Crippen LogP contribution in [0.2, 0.25) is 0 Å². The van der Waals surface area contributed by atoms with Crippen LogP contribution in [0.3, 0.4) is 0 Å². The highest BCUT2D eigenvalue weighted by Gasteiger charge is 2.30. The summed E-state index contributed by atoms with van der Waals surface area (Å²) in [6.45, 7) is 1.94. The molecule has 1 amide bonds. The van der Waals surface area contributed by atoms with Gasteiger partial charge in [-0.1, -0.05) is 6.07 Å². The van der Waals surface area contributed by atoms with E-state index in [0.29, 0.717) is 25.2 Å². The molecule has 0 aromatic heterocycles. The summed E-state index contributed by atoms with van der Waals surface area (Å²) < 4.78 is 13.3. The number of hydrogen-bond acceptors (Lipinski definition) is 3. The van der Waals surface area contributed by atoms with E-state index < -0.39 is 0 Å². The third-order valence-corrected chi connectivity index (χ3v) is 3.54. The van der Waals surface area contributed by atoms with Crippen LogP contribution in [0, 0.1) is 5.82 Å². The Morgan fingerprint density at radius 3 is 2.89 bits per heavy atom. The number of benzene rings is 1. The monoisotopic (exact) mass is 265 g/mol. The lowest BCUT2D eigenvalue weighted by atomic mass is 10.1. The molecule has 4 nitrogen and oxygen atoms in total. The van der Waals surface area contributed by atoms with Crippen LogP contribution >= 0.6 is 0 Å². The smallest absolute Gasteiger partial charge is 0.244 e. The number of carbonyl (C=O) groups is 1. The number of likely N-dealkylation sites (N-methyl/N-ethyl adjacent to an activating group) is 1. The Morgan fingerprint density at radius 2 is 2.21 bits per heavy atom. The van der Waals surface area contributed by atoms with Crippen LogP contribution in [0.1, 0.15) is 12.8 Å². The highest BCUT2D eigenvalue weighted by Crippen LogP contribution is 2.21. The standard InChI is InChI=1S/C14H20FN3O/c1-17-8-3-9-18(14(19)13(17)6-7-16)12-5-2-4-11(15)10-12/h2,4-5,10,13H,3,6-9,16H2,1H3. The first-order chi connectivity index (χ1) is 9.13. The van der Waals surface area contributed by atoms with Gasteiger partial charge in [-0.3, -0.25) is 9.69 Å². The summed E-state index contributed by atoms with van der Waals surface area (Å²) in [4.78, 5) is 16.3. The molecule has 1 atom stereocenters. The minimum Gasteiger partial charge on any atom is -0.330 e. The number of hydrogen-bond donors (Lipinski definition) is 1. The fourth-order valence-electron chi connectivity index (χ4n) is 2.51. The van der Waals surface area contributed by atoms with Crippen LogP contribution in [0.4, 0.5) is 10.1 Å². The van der Waals surface area contributed by atoms with Gasteiger partial charge in [0.05, 0.1) is 6.04 Å². The molecule has 0 bridgehead atoms. The molecule has 1 aromatic rings. The first kappa shape index (κ1) is 14.0. The minimum absolute atomic E-state index is 0.0102. The Kier molecular flexibility index (Phi) is 4.50. The SMILES string of the molecule is CN1CCCN(c2cccc(F)c2)C(=O)C1CCN. The molecule has 0 spiro atoms. The molecule has 0 aliphatic carbocycles. The van der Waals surface area contributed by atoms with Crippen LogP contribution in [0.5, 0.6) is 0 Å². The van der Waals surface area contributed by atoms with E-state index in [9.17, 15) is 9.18 Å². The van der Waals surface area contributed by atoms with E-state index >= 15 is 0 Å². The van der Waals surface area contributed by atoms with Crippen molar-refractivity contribution in [3.05, 3.63) is 30.1 Å². The maximum atomic E-state index is 13.3. The van der Waals surface area contributed by atoms with Crippen molar-refractivity contribution in [2.75, 3.05) is 31.6 Å². The Balaban J connectivity index is 2.26. The lowest BCUT2D eigenvalue weighted by Crippen LogP contribution is -2.45. The summed E-state index contributed by atoms with van der Waals surface area (Å²) in [6.07, 6.45) is 1.50. The quantitative estimate of drug-likeness (QED) is 0.893. The van der Waals surface area contributed by atoms with Gasteiger partial charge in [-0.05, 0) is 44.6 Å². The molecule has 1 aliphatic heterocycles. The zero-order valence-corrected chi connectivity index (χ0v) is 11.2. The maximum Gasteiger partial charge on any atom is 0.244 e. The first-order valence-corrected chi connectivity index (χ1v) is 6.60. The predicted molar refractivity (Wildman–Crippen MR) is 73.5 cm³/mol. The van der Waals surface area contributed by atoms with Gasteiger partial charge in [-0.15, -0.1) is 0 Å². The predicted octanol–water partition coefficient (Wildman–Crippen LogP) is 1.21. The maximum absolute atomic E-state index is 13.3. The van der Waals surface area contributed by atoms with E-state index in [1.807, 2.05) is 11.9 Å². The van der Waals surface area contributed by atoms with Gasteiger partial charge in [-0.25, -0.2) is 4.39 Å². The van der Waals surface area contributed by atoms with E-state index in [0.717, 1.165) is 13.0 Å². The van der Waals surface area contributed by atoms with Crippen molar-refractivity contribution in [2.24, 2.45) is 5.73 Å². The van der Waals surface area contributed by atoms with Crippen molar-refractivity contribution in [1.29, 1.82) is 0 Å². The number of nitrogens with zero attached hydrogens (tertiary/aromatic N) is 2. The molecule has 0 radical (unpaired) electrons. The summed E-state index contributed by atoms with van der Waals surface area (Å²) in [7, 11) is 1.94. The highest BCUT2D eigenvalue weighted by atomic mass is 19.1. The zero-order valence-electron chi connectivity index (χ0n) is 11.2.